The highest BCUT2D eigenvalue weighted by Gasteiger charge is 2.11. The Kier molecular flexibility index (Phi) is 4.29. The topological polar surface area (TPSA) is 117 Å². The number of aromatic nitrogens is 5. The lowest BCUT2D eigenvalue weighted by Crippen LogP contribution is -2.08. The third-order valence-corrected chi connectivity index (χ3v) is 3.92. The van der Waals surface area contributed by atoms with E-state index in [0.717, 1.165) is 16.8 Å². The van der Waals surface area contributed by atoms with Gasteiger partial charge in [0, 0.05) is 18.8 Å². The maximum atomic E-state index is 5.72. The molecule has 0 radical (unpaired) electrons. The second kappa shape index (κ2) is 7.06. The second-order valence-electron chi connectivity index (χ2n) is 5.83. The Balaban J connectivity index is 1.53. The number of nitrogen functional groups attached to an aromatic ring is 1. The van der Waals surface area contributed by atoms with Crippen LogP contribution in [-0.2, 0) is 13.1 Å². The van der Waals surface area contributed by atoms with E-state index < -0.39 is 0 Å². The van der Waals surface area contributed by atoms with Crippen molar-refractivity contribution < 1.29 is 0 Å². The molecule has 0 aliphatic carbocycles. The smallest absolute Gasteiger partial charge is 0.227 e. The molecule has 130 valence electrons. The number of nitrogens with two attached hydrogens (primary N) is 1. The first kappa shape index (κ1) is 15.8. The molecule has 5 N–H and O–H groups in total. The molecule has 0 aliphatic rings. The van der Waals surface area contributed by atoms with Crippen molar-refractivity contribution in [2.24, 2.45) is 0 Å². The largest absolute Gasteiger partial charge is 0.399 e. The van der Waals surface area contributed by atoms with Crippen molar-refractivity contribution in [1.29, 1.82) is 0 Å². The van der Waals surface area contributed by atoms with Crippen molar-refractivity contribution in [3.05, 3.63) is 65.7 Å². The van der Waals surface area contributed by atoms with Crippen LogP contribution in [0.15, 0.2) is 54.6 Å². The molecular formula is C18H18N8. The molecule has 26 heavy (non-hydrogen) atoms. The SMILES string of the molecule is Nc1ccc(CNc2nc(NCc3ccccc3)nc3n[nH]nc23)cc1. The van der Waals surface area contributed by atoms with Gasteiger partial charge in [0.1, 0.15) is 0 Å². The molecule has 8 nitrogen and oxygen atoms in total. The summed E-state index contributed by atoms with van der Waals surface area (Å²) >= 11 is 0. The van der Waals surface area contributed by atoms with E-state index in [1.807, 2.05) is 54.6 Å². The van der Waals surface area contributed by atoms with Crippen molar-refractivity contribution in [3.63, 3.8) is 0 Å². The highest BCUT2D eigenvalue weighted by Crippen LogP contribution is 2.19. The van der Waals surface area contributed by atoms with E-state index >= 15 is 0 Å². The number of hydrogen-bond donors (Lipinski definition) is 4. The molecule has 0 bridgehead atoms. The number of nitrogens with zero attached hydrogens (tertiary/aromatic N) is 4. The highest BCUT2D eigenvalue weighted by molar-refractivity contribution is 5.82. The second-order valence-corrected chi connectivity index (χ2v) is 5.83. The van der Waals surface area contributed by atoms with E-state index in [0.29, 0.717) is 36.0 Å². The van der Waals surface area contributed by atoms with E-state index in [2.05, 4.69) is 36.0 Å². The lowest BCUT2D eigenvalue weighted by atomic mass is 10.2. The minimum Gasteiger partial charge on any atom is -0.399 e. The van der Waals surface area contributed by atoms with Crippen molar-refractivity contribution in [2.45, 2.75) is 13.1 Å². The van der Waals surface area contributed by atoms with Crippen molar-refractivity contribution >= 4 is 28.6 Å². The van der Waals surface area contributed by atoms with Crippen molar-refractivity contribution in [1.82, 2.24) is 25.4 Å². The van der Waals surface area contributed by atoms with E-state index in [1.165, 1.54) is 0 Å². The molecule has 0 saturated heterocycles. The van der Waals surface area contributed by atoms with Gasteiger partial charge in [0.05, 0.1) is 0 Å². The predicted molar refractivity (Wildman–Crippen MR) is 101 cm³/mol. The molecule has 2 aromatic carbocycles. The number of hydrogen-bond acceptors (Lipinski definition) is 7. The third-order valence-electron chi connectivity index (χ3n) is 3.92. The summed E-state index contributed by atoms with van der Waals surface area (Å²) in [5, 5.41) is 17.3. The monoisotopic (exact) mass is 346 g/mol. The molecule has 0 saturated carbocycles. The number of benzene rings is 2. The molecule has 0 spiro atoms. The third kappa shape index (κ3) is 3.54. The minimum absolute atomic E-state index is 0.495. The molecular weight excluding hydrogens is 328 g/mol. The van der Waals surface area contributed by atoms with Gasteiger partial charge < -0.3 is 16.4 Å². The fourth-order valence-corrected chi connectivity index (χ4v) is 2.55. The molecule has 0 aliphatic heterocycles. The molecule has 0 unspecified atom stereocenters. The molecule has 0 atom stereocenters. The summed E-state index contributed by atoms with van der Waals surface area (Å²) in [5.74, 6) is 1.12. The lowest BCUT2D eigenvalue weighted by Gasteiger charge is -2.09. The molecule has 0 amide bonds. The predicted octanol–water partition coefficient (Wildman–Crippen LogP) is 2.55. The number of anilines is 3. The maximum Gasteiger partial charge on any atom is 0.227 e. The Hall–Kier alpha value is -3.68. The van der Waals surface area contributed by atoms with Gasteiger partial charge in [-0.15, -0.1) is 5.10 Å². The normalized spacial score (nSPS) is 10.8. The van der Waals surface area contributed by atoms with Gasteiger partial charge in [0.25, 0.3) is 0 Å². The Morgan fingerprint density at radius 2 is 1.54 bits per heavy atom. The molecule has 8 heteroatoms. The van der Waals surface area contributed by atoms with Crippen LogP contribution in [0.25, 0.3) is 11.2 Å². The average Bonchev–Trinajstić information content (AvgIpc) is 3.15. The van der Waals surface area contributed by atoms with Crippen LogP contribution in [-0.4, -0.2) is 25.4 Å². The van der Waals surface area contributed by atoms with Gasteiger partial charge in [-0.2, -0.15) is 20.3 Å². The number of nitrogens with one attached hydrogen (secondary N) is 3. The van der Waals surface area contributed by atoms with Gasteiger partial charge in [-0.3, -0.25) is 0 Å². The van der Waals surface area contributed by atoms with Gasteiger partial charge in [0.2, 0.25) is 11.6 Å². The summed E-state index contributed by atoms with van der Waals surface area (Å²) in [6.07, 6.45) is 0. The van der Waals surface area contributed by atoms with Crippen LogP contribution in [0.3, 0.4) is 0 Å². The van der Waals surface area contributed by atoms with Gasteiger partial charge in [-0.1, -0.05) is 42.5 Å². The highest BCUT2D eigenvalue weighted by atomic mass is 15.4. The first-order chi connectivity index (χ1) is 12.8. The average molecular weight is 346 g/mol. The fraction of sp³-hybridized carbons (Fsp3) is 0.111. The summed E-state index contributed by atoms with van der Waals surface area (Å²) in [4.78, 5) is 8.93. The minimum atomic E-state index is 0.495. The first-order valence-corrected chi connectivity index (χ1v) is 8.22. The van der Waals surface area contributed by atoms with Crippen molar-refractivity contribution in [3.8, 4) is 0 Å². The van der Waals surface area contributed by atoms with E-state index in [-0.39, 0.29) is 0 Å². The fourth-order valence-electron chi connectivity index (χ4n) is 2.55. The molecule has 2 heterocycles. The van der Waals surface area contributed by atoms with E-state index in [4.69, 9.17) is 5.73 Å². The van der Waals surface area contributed by atoms with Gasteiger partial charge in [0.15, 0.2) is 11.3 Å². The quantitative estimate of drug-likeness (QED) is 0.396. The van der Waals surface area contributed by atoms with Crippen LogP contribution < -0.4 is 16.4 Å². The Morgan fingerprint density at radius 1 is 0.808 bits per heavy atom. The van der Waals surface area contributed by atoms with Crippen LogP contribution in [0.5, 0.6) is 0 Å². The zero-order chi connectivity index (χ0) is 17.8. The van der Waals surface area contributed by atoms with Crippen LogP contribution in [0.4, 0.5) is 17.5 Å². The zero-order valence-electron chi connectivity index (χ0n) is 14.0. The summed E-state index contributed by atoms with van der Waals surface area (Å²) in [6, 6.07) is 17.8. The number of fused-ring (bicyclic) bond motifs is 1. The standard InChI is InChI=1S/C18H18N8/c19-14-8-6-13(7-9-14)10-20-16-15-17(25-26-24-15)23-18(22-16)21-11-12-4-2-1-3-5-12/h1-9H,10-11,19H2,(H3,20,21,22,23,24,25,26). The summed E-state index contributed by atoms with van der Waals surface area (Å²) in [6.45, 7) is 1.22. The number of H-pyrrole nitrogens is 1. The van der Waals surface area contributed by atoms with E-state index in [1.54, 1.807) is 0 Å². The summed E-state index contributed by atoms with van der Waals surface area (Å²) < 4.78 is 0. The van der Waals surface area contributed by atoms with Crippen LogP contribution in [0, 0.1) is 0 Å². The van der Waals surface area contributed by atoms with Crippen LogP contribution in [0.2, 0.25) is 0 Å². The molecule has 0 fully saturated rings. The molecule has 4 rings (SSSR count). The maximum absolute atomic E-state index is 5.72. The Morgan fingerprint density at radius 3 is 2.35 bits per heavy atom. The Labute approximate surface area is 149 Å². The summed E-state index contributed by atoms with van der Waals surface area (Å²) in [7, 11) is 0. The van der Waals surface area contributed by atoms with Crippen molar-refractivity contribution in [2.75, 3.05) is 16.4 Å². The zero-order valence-corrected chi connectivity index (χ0v) is 14.0. The van der Waals surface area contributed by atoms with Gasteiger partial charge in [-0.25, -0.2) is 0 Å². The van der Waals surface area contributed by atoms with Crippen LogP contribution in [0.1, 0.15) is 11.1 Å². The summed E-state index contributed by atoms with van der Waals surface area (Å²) in [5.41, 5.74) is 9.81. The molecule has 2 aromatic heterocycles. The first-order valence-electron chi connectivity index (χ1n) is 8.22. The van der Waals surface area contributed by atoms with Gasteiger partial charge in [-0.05, 0) is 23.3 Å². The number of rotatable bonds is 6. The number of aromatic amines is 1. The molecule has 4 aromatic rings. The lowest BCUT2D eigenvalue weighted by molar-refractivity contribution is 0.954. The van der Waals surface area contributed by atoms with Gasteiger partial charge >= 0.3 is 0 Å². The Bertz CT molecular complexity index is 995. The van der Waals surface area contributed by atoms with E-state index in [9.17, 15) is 0 Å². The van der Waals surface area contributed by atoms with Crippen LogP contribution >= 0.6 is 0 Å².